The summed E-state index contributed by atoms with van der Waals surface area (Å²) in [5.74, 6) is 0.690. The molecule has 0 N–H and O–H groups in total. The third kappa shape index (κ3) is 2.26. The third-order valence-corrected chi connectivity index (χ3v) is 1.29. The molecule has 1 radical (unpaired) electrons. The molecule has 0 unspecified atom stereocenters. The van der Waals surface area contributed by atoms with Gasteiger partial charge in [0.15, 0.2) is 0 Å². The van der Waals surface area contributed by atoms with Crippen molar-refractivity contribution >= 4 is 30.5 Å². The Labute approximate surface area is 77.5 Å². The summed E-state index contributed by atoms with van der Waals surface area (Å²) in [7, 11) is 1.58. The predicted molar refractivity (Wildman–Crippen MR) is 44.0 cm³/mol. The molecule has 1 nitrogen and oxygen atoms in total. The van der Waals surface area contributed by atoms with Gasteiger partial charge >= 0.3 is 18.9 Å². The zero-order chi connectivity index (χ0) is 6.69. The standard InChI is InChI=1S/C7H6ClO.Li.H/c1-9-7-5-3-2-4-6(7)8;;/h3-5H,1H3;;. The van der Waals surface area contributed by atoms with E-state index in [2.05, 4.69) is 6.07 Å². The first kappa shape index (κ1) is 9.91. The minimum absolute atomic E-state index is 0. The molecular weight excluding hydrogens is 142 g/mol. The fraction of sp³-hybridized carbons (Fsp3) is 0.143. The Bertz CT molecular complexity index is 203. The topological polar surface area (TPSA) is 9.23 Å². The molecule has 0 heterocycles. The van der Waals surface area contributed by atoms with E-state index in [1.165, 1.54) is 0 Å². The Morgan fingerprint density at radius 3 is 2.70 bits per heavy atom. The van der Waals surface area contributed by atoms with Gasteiger partial charge in [0.05, 0.1) is 12.1 Å². The number of halogens is 1. The van der Waals surface area contributed by atoms with Crippen molar-refractivity contribution in [2.24, 2.45) is 0 Å². The molecule has 0 aliphatic carbocycles. The van der Waals surface area contributed by atoms with Gasteiger partial charge in [0.2, 0.25) is 0 Å². The van der Waals surface area contributed by atoms with E-state index in [1.54, 1.807) is 25.3 Å². The molecule has 0 aliphatic heterocycles. The van der Waals surface area contributed by atoms with Crippen molar-refractivity contribution in [1.29, 1.82) is 0 Å². The first-order valence-electron chi connectivity index (χ1n) is 2.54. The Morgan fingerprint density at radius 2 is 2.30 bits per heavy atom. The summed E-state index contributed by atoms with van der Waals surface area (Å²) in [5, 5.41) is 0.597. The molecule has 0 aromatic heterocycles. The third-order valence-electron chi connectivity index (χ3n) is 0.996. The van der Waals surface area contributed by atoms with Crippen LogP contribution < -0.4 is 4.74 Å². The number of benzene rings is 1. The van der Waals surface area contributed by atoms with Crippen molar-refractivity contribution < 1.29 is 4.74 Å². The molecule has 1 aromatic rings. The fourth-order valence-electron chi connectivity index (χ4n) is 0.561. The van der Waals surface area contributed by atoms with Gasteiger partial charge in [-0.25, -0.2) is 0 Å². The van der Waals surface area contributed by atoms with E-state index >= 15 is 0 Å². The molecule has 0 spiro atoms. The summed E-state index contributed by atoms with van der Waals surface area (Å²) < 4.78 is 4.89. The summed E-state index contributed by atoms with van der Waals surface area (Å²) in [6.45, 7) is 0. The van der Waals surface area contributed by atoms with Crippen molar-refractivity contribution in [2.75, 3.05) is 7.11 Å². The fourth-order valence-corrected chi connectivity index (χ4v) is 0.764. The molecule has 0 fully saturated rings. The molecule has 49 valence electrons. The Hall–Kier alpha value is -0.0926. The predicted octanol–water partition coefficient (Wildman–Crippen LogP) is 1.50. The molecule has 0 saturated carbocycles. The quantitative estimate of drug-likeness (QED) is 0.550. The molecule has 1 aromatic carbocycles. The zero-order valence-corrected chi connectivity index (χ0v) is 5.77. The molecule has 0 amide bonds. The number of rotatable bonds is 1. The minimum atomic E-state index is 0. The molecule has 0 aliphatic rings. The summed E-state index contributed by atoms with van der Waals surface area (Å²) in [4.78, 5) is 0. The van der Waals surface area contributed by atoms with Crippen molar-refractivity contribution in [1.82, 2.24) is 0 Å². The Balaban J connectivity index is 0.000000810. The first-order valence-corrected chi connectivity index (χ1v) is 2.92. The van der Waals surface area contributed by atoms with Gasteiger partial charge in [0, 0.05) is 0 Å². The van der Waals surface area contributed by atoms with E-state index in [1.807, 2.05) is 0 Å². The van der Waals surface area contributed by atoms with E-state index in [0.29, 0.717) is 10.8 Å². The van der Waals surface area contributed by atoms with Crippen LogP contribution in [0.25, 0.3) is 0 Å². The van der Waals surface area contributed by atoms with Gasteiger partial charge in [0.25, 0.3) is 0 Å². The summed E-state index contributed by atoms with van der Waals surface area (Å²) in [5.41, 5.74) is 0. The number of hydrogen-bond acceptors (Lipinski definition) is 1. The molecule has 10 heavy (non-hydrogen) atoms. The van der Waals surface area contributed by atoms with Gasteiger partial charge in [-0.1, -0.05) is 17.7 Å². The van der Waals surface area contributed by atoms with Crippen molar-refractivity contribution in [2.45, 2.75) is 0 Å². The van der Waals surface area contributed by atoms with Crippen LogP contribution >= 0.6 is 11.6 Å². The molecule has 0 bridgehead atoms. The van der Waals surface area contributed by atoms with Crippen LogP contribution in [-0.2, 0) is 0 Å². The van der Waals surface area contributed by atoms with Crippen LogP contribution in [0.5, 0.6) is 5.75 Å². The number of methoxy groups -OCH3 is 1. The van der Waals surface area contributed by atoms with Crippen molar-refractivity contribution in [3.8, 4) is 5.75 Å². The molecule has 0 atom stereocenters. The second-order valence-corrected chi connectivity index (χ2v) is 1.97. The second kappa shape index (κ2) is 4.68. The van der Waals surface area contributed by atoms with E-state index in [0.717, 1.165) is 0 Å². The summed E-state index contributed by atoms with van der Waals surface area (Å²) in [6, 6.07) is 8.01. The van der Waals surface area contributed by atoms with Gasteiger partial charge in [0.1, 0.15) is 5.75 Å². The van der Waals surface area contributed by atoms with Gasteiger partial charge in [-0.15, -0.1) is 0 Å². The average molecular weight is 150 g/mol. The van der Waals surface area contributed by atoms with Crippen molar-refractivity contribution in [3.63, 3.8) is 0 Å². The van der Waals surface area contributed by atoms with Crippen LogP contribution in [0.2, 0.25) is 5.02 Å². The summed E-state index contributed by atoms with van der Waals surface area (Å²) in [6.07, 6.45) is 0. The normalized spacial score (nSPS) is 8.20. The van der Waals surface area contributed by atoms with Crippen LogP contribution in [-0.4, -0.2) is 26.0 Å². The van der Waals surface area contributed by atoms with Gasteiger partial charge in [-0.3, -0.25) is 0 Å². The molecule has 1 rings (SSSR count). The molecular formula is C7H7ClLiO. The molecule has 0 saturated heterocycles. The Morgan fingerprint density at radius 1 is 1.60 bits per heavy atom. The van der Waals surface area contributed by atoms with Crippen molar-refractivity contribution in [3.05, 3.63) is 29.3 Å². The zero-order valence-electron chi connectivity index (χ0n) is 5.02. The van der Waals surface area contributed by atoms with Crippen LogP contribution in [0.1, 0.15) is 0 Å². The van der Waals surface area contributed by atoms with Gasteiger partial charge in [-0.05, 0) is 18.2 Å². The van der Waals surface area contributed by atoms with E-state index in [4.69, 9.17) is 16.3 Å². The molecule has 3 heteroatoms. The average Bonchev–Trinajstić information content (AvgIpc) is 1.89. The number of ether oxygens (including phenoxy) is 1. The number of hydrogen-bond donors (Lipinski definition) is 0. The summed E-state index contributed by atoms with van der Waals surface area (Å²) >= 11 is 5.67. The maximum atomic E-state index is 5.67. The maximum absolute atomic E-state index is 5.67. The van der Waals surface area contributed by atoms with E-state index in [-0.39, 0.29) is 18.9 Å². The SMILES string of the molecule is COc1cc[c]cc1Cl.[LiH]. The Kier molecular flexibility index (Phi) is 4.64. The van der Waals surface area contributed by atoms with Crippen LogP contribution in [0, 0.1) is 6.07 Å². The monoisotopic (exact) mass is 149 g/mol. The van der Waals surface area contributed by atoms with E-state index in [9.17, 15) is 0 Å². The van der Waals surface area contributed by atoms with E-state index < -0.39 is 0 Å². The van der Waals surface area contributed by atoms with Crippen LogP contribution in [0.15, 0.2) is 18.2 Å². The van der Waals surface area contributed by atoms with Gasteiger partial charge in [-0.2, -0.15) is 0 Å². The van der Waals surface area contributed by atoms with Crippen LogP contribution in [0.3, 0.4) is 0 Å². The first-order chi connectivity index (χ1) is 4.34. The van der Waals surface area contributed by atoms with Crippen LogP contribution in [0.4, 0.5) is 0 Å². The second-order valence-electron chi connectivity index (χ2n) is 1.56. The van der Waals surface area contributed by atoms with Gasteiger partial charge < -0.3 is 4.74 Å².